The fourth-order valence-electron chi connectivity index (χ4n) is 3.57. The molecular formula is C22H19N5O3. The molecule has 0 saturated heterocycles. The molecule has 0 aliphatic carbocycles. The molecule has 2 aromatic carbocycles. The molecule has 150 valence electrons. The molecule has 0 radical (unpaired) electrons. The monoisotopic (exact) mass is 401 g/mol. The van der Waals surface area contributed by atoms with Crippen LogP contribution in [0.15, 0.2) is 48.7 Å². The number of hydrogen-bond donors (Lipinski definition) is 4. The second-order valence-electron chi connectivity index (χ2n) is 6.80. The predicted molar refractivity (Wildman–Crippen MR) is 116 cm³/mol. The van der Waals surface area contributed by atoms with Crippen LogP contribution in [0.4, 0.5) is 17.3 Å². The number of aromatic amines is 2. The van der Waals surface area contributed by atoms with Crippen molar-refractivity contribution in [3.8, 4) is 11.5 Å². The molecule has 0 bridgehead atoms. The quantitative estimate of drug-likeness (QED) is 0.376. The molecule has 0 atom stereocenters. The van der Waals surface area contributed by atoms with Crippen LogP contribution in [-0.4, -0.2) is 35.1 Å². The molecule has 0 saturated carbocycles. The number of nitrogens with one attached hydrogen (secondary N) is 4. The number of ether oxygens (including phenoxy) is 2. The average molecular weight is 401 g/mol. The summed E-state index contributed by atoms with van der Waals surface area (Å²) in [5.41, 5.74) is 5.13. The fourth-order valence-corrected chi connectivity index (χ4v) is 3.57. The largest absolute Gasteiger partial charge is 0.497 e. The molecule has 5 rings (SSSR count). The highest BCUT2D eigenvalue weighted by molar-refractivity contribution is 6.37. The molecule has 2 aromatic heterocycles. The number of carbonyl (C=O) groups excluding carboxylic acids is 1. The van der Waals surface area contributed by atoms with Gasteiger partial charge in [-0.15, -0.1) is 0 Å². The standard InChI is InChI=1S/C22H19N5O3/c1-29-13-5-3-12(4-6-13)24-22-26-16-8-7-15-19(20(16)27-22)14(21(28)25-15)11-17-18(30-2)9-10-23-17/h3-11,23H,1-2H3,(H,25,28)(H2,24,26,27)/b14-11-. The van der Waals surface area contributed by atoms with E-state index in [2.05, 4.69) is 20.6 Å². The number of fused-ring (bicyclic) bond motifs is 3. The summed E-state index contributed by atoms with van der Waals surface area (Å²) in [6.45, 7) is 0. The summed E-state index contributed by atoms with van der Waals surface area (Å²) in [5.74, 6) is 1.85. The van der Waals surface area contributed by atoms with E-state index in [-0.39, 0.29) is 5.91 Å². The topological polar surface area (TPSA) is 104 Å². The van der Waals surface area contributed by atoms with Crippen LogP contribution in [0.25, 0.3) is 22.7 Å². The lowest BCUT2D eigenvalue weighted by molar-refractivity contribution is -0.110. The van der Waals surface area contributed by atoms with Crippen LogP contribution in [0, 0.1) is 0 Å². The number of anilines is 3. The van der Waals surface area contributed by atoms with Gasteiger partial charge in [-0.05, 0) is 48.5 Å². The van der Waals surface area contributed by atoms with Gasteiger partial charge in [0.25, 0.3) is 5.91 Å². The maximum absolute atomic E-state index is 12.7. The van der Waals surface area contributed by atoms with E-state index in [9.17, 15) is 4.79 Å². The number of nitrogens with zero attached hydrogens (tertiary/aromatic N) is 1. The van der Waals surface area contributed by atoms with Crippen molar-refractivity contribution < 1.29 is 14.3 Å². The molecule has 1 amide bonds. The van der Waals surface area contributed by atoms with Gasteiger partial charge in [-0.3, -0.25) is 4.79 Å². The fraction of sp³-hybridized carbons (Fsp3) is 0.0909. The highest BCUT2D eigenvalue weighted by atomic mass is 16.5. The molecule has 4 aromatic rings. The number of imidazole rings is 1. The van der Waals surface area contributed by atoms with E-state index in [0.29, 0.717) is 22.8 Å². The lowest BCUT2D eigenvalue weighted by Gasteiger charge is -2.04. The van der Waals surface area contributed by atoms with Gasteiger partial charge in [0, 0.05) is 17.4 Å². The molecule has 4 N–H and O–H groups in total. The normalized spacial score (nSPS) is 14.1. The maximum Gasteiger partial charge on any atom is 0.256 e. The number of rotatable bonds is 5. The summed E-state index contributed by atoms with van der Waals surface area (Å²) in [7, 11) is 3.22. The van der Waals surface area contributed by atoms with Crippen molar-refractivity contribution in [1.29, 1.82) is 0 Å². The van der Waals surface area contributed by atoms with E-state index in [1.807, 2.05) is 42.5 Å². The third-order valence-corrected chi connectivity index (χ3v) is 5.02. The van der Waals surface area contributed by atoms with Gasteiger partial charge in [0.2, 0.25) is 5.95 Å². The minimum Gasteiger partial charge on any atom is -0.497 e. The zero-order valence-electron chi connectivity index (χ0n) is 16.4. The van der Waals surface area contributed by atoms with Crippen LogP contribution in [0.1, 0.15) is 11.3 Å². The Morgan fingerprint density at radius 2 is 1.87 bits per heavy atom. The Bertz CT molecular complexity index is 1280. The van der Waals surface area contributed by atoms with E-state index in [1.165, 1.54) is 0 Å². The zero-order valence-corrected chi connectivity index (χ0v) is 16.4. The Hall–Kier alpha value is -4.20. The lowest BCUT2D eigenvalue weighted by atomic mass is 10.0. The van der Waals surface area contributed by atoms with Crippen molar-refractivity contribution in [1.82, 2.24) is 15.0 Å². The van der Waals surface area contributed by atoms with Crippen molar-refractivity contribution in [2.24, 2.45) is 0 Å². The van der Waals surface area contributed by atoms with Gasteiger partial charge in [0.05, 0.1) is 36.7 Å². The second kappa shape index (κ2) is 7.00. The van der Waals surface area contributed by atoms with E-state index >= 15 is 0 Å². The van der Waals surface area contributed by atoms with E-state index < -0.39 is 0 Å². The van der Waals surface area contributed by atoms with Crippen molar-refractivity contribution in [2.75, 3.05) is 24.9 Å². The van der Waals surface area contributed by atoms with E-state index in [4.69, 9.17) is 14.5 Å². The van der Waals surface area contributed by atoms with Gasteiger partial charge < -0.3 is 30.1 Å². The first-order valence-corrected chi connectivity index (χ1v) is 9.35. The average Bonchev–Trinajstić information content (AvgIpc) is 3.45. The summed E-state index contributed by atoms with van der Waals surface area (Å²) in [6.07, 6.45) is 3.55. The smallest absolute Gasteiger partial charge is 0.256 e. The SMILES string of the molecule is COc1ccc(Nc2nc3c4c(ccc3[nH]2)NC(=O)/C4=C\c2[nH]ccc2OC)cc1. The Morgan fingerprint density at radius 3 is 2.63 bits per heavy atom. The lowest BCUT2D eigenvalue weighted by Crippen LogP contribution is -2.03. The predicted octanol–water partition coefficient (Wildman–Crippen LogP) is 4.14. The van der Waals surface area contributed by atoms with Gasteiger partial charge in [-0.2, -0.15) is 0 Å². The van der Waals surface area contributed by atoms with Gasteiger partial charge in [-0.1, -0.05) is 0 Å². The van der Waals surface area contributed by atoms with E-state index in [0.717, 1.165) is 33.9 Å². The number of benzene rings is 2. The number of H-pyrrole nitrogens is 2. The van der Waals surface area contributed by atoms with Crippen LogP contribution in [0.5, 0.6) is 11.5 Å². The van der Waals surface area contributed by atoms with Gasteiger partial charge >= 0.3 is 0 Å². The number of amides is 1. The molecule has 8 nitrogen and oxygen atoms in total. The highest BCUT2D eigenvalue weighted by Gasteiger charge is 2.28. The Morgan fingerprint density at radius 1 is 1.03 bits per heavy atom. The number of aromatic nitrogens is 3. The van der Waals surface area contributed by atoms with Crippen molar-refractivity contribution >= 4 is 45.9 Å². The van der Waals surface area contributed by atoms with Crippen LogP contribution >= 0.6 is 0 Å². The molecule has 0 fully saturated rings. The maximum atomic E-state index is 12.7. The van der Waals surface area contributed by atoms with Crippen molar-refractivity contribution in [3.63, 3.8) is 0 Å². The van der Waals surface area contributed by atoms with Crippen molar-refractivity contribution in [2.45, 2.75) is 0 Å². The van der Waals surface area contributed by atoms with Crippen LogP contribution in [0.2, 0.25) is 0 Å². The summed E-state index contributed by atoms with van der Waals surface area (Å²) < 4.78 is 10.5. The molecule has 3 heterocycles. The molecular weight excluding hydrogens is 382 g/mol. The van der Waals surface area contributed by atoms with Crippen LogP contribution in [-0.2, 0) is 4.79 Å². The van der Waals surface area contributed by atoms with Crippen LogP contribution < -0.4 is 20.1 Å². The van der Waals surface area contributed by atoms with E-state index in [1.54, 1.807) is 26.5 Å². The minimum absolute atomic E-state index is 0.179. The molecule has 30 heavy (non-hydrogen) atoms. The van der Waals surface area contributed by atoms with Crippen molar-refractivity contribution in [3.05, 3.63) is 59.9 Å². The molecule has 0 unspecified atom stereocenters. The third kappa shape index (κ3) is 2.95. The number of methoxy groups -OCH3 is 2. The molecule has 8 heteroatoms. The Labute approximate surface area is 171 Å². The Balaban J connectivity index is 1.56. The first-order chi connectivity index (χ1) is 14.7. The zero-order chi connectivity index (χ0) is 20.7. The molecule has 0 spiro atoms. The highest BCUT2D eigenvalue weighted by Crippen LogP contribution is 2.39. The van der Waals surface area contributed by atoms with Gasteiger partial charge in [-0.25, -0.2) is 4.98 Å². The number of carbonyl (C=O) groups is 1. The first-order valence-electron chi connectivity index (χ1n) is 9.35. The van der Waals surface area contributed by atoms with Crippen LogP contribution in [0.3, 0.4) is 0 Å². The third-order valence-electron chi connectivity index (χ3n) is 5.02. The Kier molecular flexibility index (Phi) is 4.17. The summed E-state index contributed by atoms with van der Waals surface area (Å²) in [5, 5.41) is 6.16. The summed E-state index contributed by atoms with van der Waals surface area (Å²) >= 11 is 0. The molecule has 1 aliphatic rings. The summed E-state index contributed by atoms with van der Waals surface area (Å²) in [6, 6.07) is 13.1. The molecule has 1 aliphatic heterocycles. The van der Waals surface area contributed by atoms with Gasteiger partial charge in [0.15, 0.2) is 0 Å². The first kappa shape index (κ1) is 17.9. The number of hydrogen-bond acceptors (Lipinski definition) is 5. The minimum atomic E-state index is -0.179. The second-order valence-corrected chi connectivity index (χ2v) is 6.80. The summed E-state index contributed by atoms with van der Waals surface area (Å²) in [4.78, 5) is 23.7. The van der Waals surface area contributed by atoms with Gasteiger partial charge in [0.1, 0.15) is 17.0 Å².